The Morgan fingerprint density at radius 2 is 1.96 bits per heavy atom. The molecule has 0 bridgehead atoms. The van der Waals surface area contributed by atoms with Gasteiger partial charge in [-0.05, 0) is 22.0 Å². The van der Waals surface area contributed by atoms with Crippen molar-refractivity contribution in [2.45, 2.75) is 6.54 Å². The summed E-state index contributed by atoms with van der Waals surface area (Å²) in [7, 11) is 0. The van der Waals surface area contributed by atoms with Gasteiger partial charge in [0.25, 0.3) is 5.91 Å². The van der Waals surface area contributed by atoms with Gasteiger partial charge in [-0.15, -0.1) is 6.58 Å². The molecule has 134 valence electrons. The van der Waals surface area contributed by atoms with Gasteiger partial charge in [0.2, 0.25) is 5.95 Å². The number of allylic oxidation sites excluding steroid dienone is 1. The molecule has 1 amide bonds. The lowest BCUT2D eigenvalue weighted by molar-refractivity contribution is 0.0736. The number of halogens is 1. The van der Waals surface area contributed by atoms with Gasteiger partial charge in [-0.3, -0.25) is 4.79 Å². The summed E-state index contributed by atoms with van der Waals surface area (Å²) in [5, 5.41) is 0. The zero-order valence-corrected chi connectivity index (χ0v) is 15.7. The number of piperazine rings is 1. The van der Waals surface area contributed by atoms with E-state index in [1.807, 2.05) is 15.5 Å². The van der Waals surface area contributed by atoms with Gasteiger partial charge in [0.05, 0.1) is 5.52 Å². The van der Waals surface area contributed by atoms with Crippen LogP contribution in [0.4, 0.5) is 5.95 Å². The van der Waals surface area contributed by atoms with Crippen molar-refractivity contribution in [1.29, 1.82) is 0 Å². The van der Waals surface area contributed by atoms with E-state index in [9.17, 15) is 4.79 Å². The van der Waals surface area contributed by atoms with E-state index in [1.165, 1.54) is 0 Å². The summed E-state index contributed by atoms with van der Waals surface area (Å²) in [6, 6.07) is 5.48. The van der Waals surface area contributed by atoms with Gasteiger partial charge in [-0.2, -0.15) is 0 Å². The van der Waals surface area contributed by atoms with Gasteiger partial charge in [0, 0.05) is 57.3 Å². The molecule has 0 spiro atoms. The standard InChI is InChI=1S/C18H18BrN5O2/c1-2-6-24-13-12-16(19)26-15(13)11-14(24)17(25)22-7-9-23(10-8-22)18-20-4-3-5-21-18/h2-5,11-12H,1,6-10H2. The van der Waals surface area contributed by atoms with E-state index in [4.69, 9.17) is 4.42 Å². The van der Waals surface area contributed by atoms with Crippen molar-refractivity contribution in [2.75, 3.05) is 31.1 Å². The number of carbonyl (C=O) groups excluding carboxylic acids is 1. The lowest BCUT2D eigenvalue weighted by Crippen LogP contribution is -2.49. The maximum absolute atomic E-state index is 13.1. The second kappa shape index (κ2) is 6.95. The molecule has 0 unspecified atom stereocenters. The minimum Gasteiger partial charge on any atom is -0.448 e. The van der Waals surface area contributed by atoms with Gasteiger partial charge in [0.1, 0.15) is 5.69 Å². The molecular weight excluding hydrogens is 398 g/mol. The molecule has 1 aliphatic heterocycles. The van der Waals surface area contributed by atoms with E-state index in [-0.39, 0.29) is 5.91 Å². The molecule has 0 atom stereocenters. The Morgan fingerprint density at radius 1 is 1.23 bits per heavy atom. The van der Waals surface area contributed by atoms with Crippen LogP contribution in [-0.2, 0) is 6.54 Å². The van der Waals surface area contributed by atoms with Crippen LogP contribution < -0.4 is 4.90 Å². The van der Waals surface area contributed by atoms with Crippen molar-refractivity contribution >= 4 is 38.9 Å². The Morgan fingerprint density at radius 3 is 2.65 bits per heavy atom. The molecule has 0 saturated carbocycles. The fourth-order valence-corrected chi connectivity index (χ4v) is 3.63. The van der Waals surface area contributed by atoms with Gasteiger partial charge >= 0.3 is 0 Å². The maximum Gasteiger partial charge on any atom is 0.270 e. The van der Waals surface area contributed by atoms with Gasteiger partial charge in [-0.25, -0.2) is 9.97 Å². The van der Waals surface area contributed by atoms with Crippen LogP contribution in [0.5, 0.6) is 0 Å². The first-order valence-corrected chi connectivity index (χ1v) is 9.17. The number of hydrogen-bond donors (Lipinski definition) is 0. The normalized spacial score (nSPS) is 14.8. The largest absolute Gasteiger partial charge is 0.448 e. The summed E-state index contributed by atoms with van der Waals surface area (Å²) >= 11 is 3.34. The van der Waals surface area contributed by atoms with Crippen molar-refractivity contribution in [2.24, 2.45) is 0 Å². The lowest BCUT2D eigenvalue weighted by atomic mass is 10.2. The highest BCUT2D eigenvalue weighted by atomic mass is 79.9. The lowest BCUT2D eigenvalue weighted by Gasteiger charge is -2.34. The van der Waals surface area contributed by atoms with Crippen LogP contribution in [0.25, 0.3) is 11.1 Å². The first-order chi connectivity index (χ1) is 12.7. The average Bonchev–Trinajstić information content (AvgIpc) is 3.19. The Bertz CT molecular complexity index is 941. The number of aromatic nitrogens is 3. The van der Waals surface area contributed by atoms with Crippen LogP contribution in [0.1, 0.15) is 10.5 Å². The SMILES string of the molecule is C=CCn1c(C(=O)N2CCN(c3ncccn3)CC2)cc2oc(Br)cc21. The molecule has 1 saturated heterocycles. The molecular formula is C18H18BrN5O2. The van der Waals surface area contributed by atoms with E-state index in [1.54, 1.807) is 30.6 Å². The molecule has 1 fully saturated rings. The number of carbonyl (C=O) groups is 1. The van der Waals surface area contributed by atoms with Crippen LogP contribution in [0.15, 0.2) is 52.3 Å². The third-order valence-electron chi connectivity index (χ3n) is 4.49. The van der Waals surface area contributed by atoms with E-state index >= 15 is 0 Å². The second-order valence-corrected chi connectivity index (χ2v) is 6.84. The van der Waals surface area contributed by atoms with Crippen molar-refractivity contribution in [1.82, 2.24) is 19.4 Å². The van der Waals surface area contributed by atoms with Crippen LogP contribution in [0.3, 0.4) is 0 Å². The quantitative estimate of drug-likeness (QED) is 0.612. The van der Waals surface area contributed by atoms with E-state index in [0.29, 0.717) is 54.6 Å². The maximum atomic E-state index is 13.1. The minimum absolute atomic E-state index is 0.00278. The topological polar surface area (TPSA) is 67.4 Å². The number of fused-ring (bicyclic) bond motifs is 1. The predicted octanol–water partition coefficient (Wildman–Crippen LogP) is 2.94. The molecule has 0 aliphatic carbocycles. The van der Waals surface area contributed by atoms with Crippen molar-refractivity contribution in [3.63, 3.8) is 0 Å². The molecule has 3 aromatic rings. The summed E-state index contributed by atoms with van der Waals surface area (Å²) in [5.74, 6) is 0.708. The third-order valence-corrected chi connectivity index (χ3v) is 4.88. The van der Waals surface area contributed by atoms with Gasteiger partial charge in [-0.1, -0.05) is 6.08 Å². The zero-order chi connectivity index (χ0) is 18.1. The Labute approximate surface area is 159 Å². The summed E-state index contributed by atoms with van der Waals surface area (Å²) in [5.41, 5.74) is 2.20. The summed E-state index contributed by atoms with van der Waals surface area (Å²) in [6.07, 6.45) is 5.24. The van der Waals surface area contributed by atoms with E-state index < -0.39 is 0 Å². The first kappa shape index (κ1) is 16.8. The number of rotatable bonds is 4. The minimum atomic E-state index is 0.00278. The summed E-state index contributed by atoms with van der Waals surface area (Å²) in [6.45, 7) is 7.02. The van der Waals surface area contributed by atoms with E-state index in [0.717, 1.165) is 5.52 Å². The molecule has 0 aromatic carbocycles. The highest BCUT2D eigenvalue weighted by Crippen LogP contribution is 2.28. The van der Waals surface area contributed by atoms with Crippen LogP contribution in [0.2, 0.25) is 0 Å². The molecule has 0 N–H and O–H groups in total. The average molecular weight is 416 g/mol. The van der Waals surface area contributed by atoms with Crippen LogP contribution >= 0.6 is 15.9 Å². The fourth-order valence-electron chi connectivity index (χ4n) is 3.24. The summed E-state index contributed by atoms with van der Waals surface area (Å²) < 4.78 is 8.20. The molecule has 26 heavy (non-hydrogen) atoms. The zero-order valence-electron chi connectivity index (χ0n) is 14.1. The molecule has 4 heterocycles. The number of furan rings is 1. The fraction of sp³-hybridized carbons (Fsp3) is 0.278. The Hall–Kier alpha value is -2.61. The van der Waals surface area contributed by atoms with Crippen molar-refractivity contribution < 1.29 is 9.21 Å². The van der Waals surface area contributed by atoms with E-state index in [2.05, 4.69) is 37.4 Å². The van der Waals surface area contributed by atoms with Gasteiger partial charge < -0.3 is 18.8 Å². The molecule has 1 aliphatic rings. The number of hydrogen-bond acceptors (Lipinski definition) is 5. The van der Waals surface area contributed by atoms with Crippen LogP contribution in [-0.4, -0.2) is 51.5 Å². The Kier molecular flexibility index (Phi) is 4.50. The molecule has 8 heteroatoms. The number of anilines is 1. The second-order valence-electron chi connectivity index (χ2n) is 6.06. The molecule has 0 radical (unpaired) electrons. The van der Waals surface area contributed by atoms with Crippen molar-refractivity contribution in [3.8, 4) is 0 Å². The first-order valence-electron chi connectivity index (χ1n) is 8.38. The third kappa shape index (κ3) is 3.01. The Balaban J connectivity index is 1.53. The smallest absolute Gasteiger partial charge is 0.270 e. The summed E-state index contributed by atoms with van der Waals surface area (Å²) in [4.78, 5) is 25.6. The monoisotopic (exact) mass is 415 g/mol. The molecule has 3 aromatic heterocycles. The van der Waals surface area contributed by atoms with Gasteiger partial charge in [0.15, 0.2) is 10.3 Å². The predicted molar refractivity (Wildman–Crippen MR) is 102 cm³/mol. The van der Waals surface area contributed by atoms with Crippen molar-refractivity contribution in [3.05, 3.63) is 53.6 Å². The molecule has 4 rings (SSSR count). The van der Waals surface area contributed by atoms with Crippen LogP contribution in [0, 0.1) is 0 Å². The molecule has 7 nitrogen and oxygen atoms in total. The number of amides is 1. The highest BCUT2D eigenvalue weighted by molar-refractivity contribution is 9.10. The number of nitrogens with zero attached hydrogens (tertiary/aromatic N) is 5. The highest BCUT2D eigenvalue weighted by Gasteiger charge is 2.26.